The summed E-state index contributed by atoms with van der Waals surface area (Å²) >= 11 is 6.07. The van der Waals surface area contributed by atoms with Gasteiger partial charge in [-0.2, -0.15) is 0 Å². The minimum Gasteiger partial charge on any atom is -0.495 e. The minimum atomic E-state index is -0.346. The number of nitrogens with one attached hydrogen (secondary N) is 1. The Kier molecular flexibility index (Phi) is 5.06. The summed E-state index contributed by atoms with van der Waals surface area (Å²) in [6.45, 7) is 4.29. The molecule has 0 aliphatic carbocycles. The van der Waals surface area contributed by atoms with E-state index in [1.807, 2.05) is 0 Å². The topological polar surface area (TPSA) is 89.7 Å². The van der Waals surface area contributed by atoms with E-state index in [9.17, 15) is 4.79 Å². The molecule has 0 unspecified atom stereocenters. The van der Waals surface area contributed by atoms with Gasteiger partial charge in [-0.1, -0.05) is 11.6 Å². The van der Waals surface area contributed by atoms with E-state index in [4.69, 9.17) is 25.5 Å². The van der Waals surface area contributed by atoms with E-state index in [-0.39, 0.29) is 5.91 Å². The highest BCUT2D eigenvalue weighted by Crippen LogP contribution is 2.33. The van der Waals surface area contributed by atoms with Crippen molar-refractivity contribution in [1.29, 1.82) is 0 Å². The summed E-state index contributed by atoms with van der Waals surface area (Å²) in [6.07, 6.45) is 1.44. The first-order valence-electron chi connectivity index (χ1n) is 8.80. The molecule has 1 aliphatic heterocycles. The van der Waals surface area contributed by atoms with Crippen molar-refractivity contribution in [3.63, 3.8) is 0 Å². The van der Waals surface area contributed by atoms with E-state index in [0.717, 1.165) is 0 Å². The monoisotopic (exact) mass is 402 g/mol. The summed E-state index contributed by atoms with van der Waals surface area (Å²) < 4.78 is 16.5. The van der Waals surface area contributed by atoms with Gasteiger partial charge < -0.3 is 24.1 Å². The van der Waals surface area contributed by atoms with Gasteiger partial charge in [0.15, 0.2) is 0 Å². The van der Waals surface area contributed by atoms with Gasteiger partial charge in [0, 0.05) is 18.1 Å². The summed E-state index contributed by atoms with van der Waals surface area (Å²) in [6, 6.07) is 5.02. The SMILES string of the molecule is COc1ccc(Cl)cc1NC(=O)c1c(C)oc2ncnc(N3CCOCC3)c12. The van der Waals surface area contributed by atoms with Crippen molar-refractivity contribution in [2.24, 2.45) is 0 Å². The van der Waals surface area contributed by atoms with E-state index in [0.29, 0.717) is 71.0 Å². The number of benzene rings is 1. The molecule has 1 aliphatic rings. The number of fused-ring (bicyclic) bond motifs is 1. The van der Waals surface area contributed by atoms with E-state index in [1.165, 1.54) is 13.4 Å². The van der Waals surface area contributed by atoms with Crippen molar-refractivity contribution in [3.05, 3.63) is 40.9 Å². The van der Waals surface area contributed by atoms with Gasteiger partial charge in [0.2, 0.25) is 5.71 Å². The third-order valence-corrected chi connectivity index (χ3v) is 4.83. The van der Waals surface area contributed by atoms with Crippen molar-refractivity contribution in [2.45, 2.75) is 6.92 Å². The summed E-state index contributed by atoms with van der Waals surface area (Å²) in [5, 5.41) is 3.93. The fraction of sp³-hybridized carbons (Fsp3) is 0.316. The van der Waals surface area contributed by atoms with E-state index in [1.54, 1.807) is 25.1 Å². The minimum absolute atomic E-state index is 0.346. The second kappa shape index (κ2) is 7.65. The number of anilines is 2. The molecule has 1 aromatic carbocycles. The Labute approximate surface area is 166 Å². The van der Waals surface area contributed by atoms with Crippen LogP contribution in [0.5, 0.6) is 5.75 Å². The number of morpholine rings is 1. The summed E-state index contributed by atoms with van der Waals surface area (Å²) in [4.78, 5) is 23.8. The predicted octanol–water partition coefficient (Wildman–Crippen LogP) is 3.28. The van der Waals surface area contributed by atoms with Gasteiger partial charge >= 0.3 is 0 Å². The standard InChI is InChI=1S/C19H19ClN4O4/c1-11-15(18(25)23-13-9-12(20)3-4-14(13)26-2)16-17(21-10-22-19(16)28-11)24-5-7-27-8-6-24/h3-4,9-10H,5-8H2,1-2H3,(H,23,25). The number of rotatable bonds is 4. The number of carbonyl (C=O) groups excluding carboxylic acids is 1. The molecule has 2 aromatic heterocycles. The van der Waals surface area contributed by atoms with Crippen LogP contribution in [0.3, 0.4) is 0 Å². The zero-order chi connectivity index (χ0) is 19.7. The number of furan rings is 1. The molecule has 1 amide bonds. The number of hydrogen-bond acceptors (Lipinski definition) is 7. The summed E-state index contributed by atoms with van der Waals surface area (Å²) in [7, 11) is 1.53. The smallest absolute Gasteiger partial charge is 0.260 e. The maximum atomic E-state index is 13.2. The second-order valence-corrected chi connectivity index (χ2v) is 6.75. The van der Waals surface area contributed by atoms with Gasteiger partial charge in [0.05, 0.1) is 37.0 Å². The first-order valence-corrected chi connectivity index (χ1v) is 9.18. The summed E-state index contributed by atoms with van der Waals surface area (Å²) in [5.41, 5.74) is 1.23. The number of carbonyl (C=O) groups is 1. The largest absolute Gasteiger partial charge is 0.495 e. The fourth-order valence-corrected chi connectivity index (χ4v) is 3.45. The van der Waals surface area contributed by atoms with Crippen LogP contribution in [-0.4, -0.2) is 49.3 Å². The predicted molar refractivity (Wildman–Crippen MR) is 106 cm³/mol. The van der Waals surface area contributed by atoms with Crippen molar-refractivity contribution in [2.75, 3.05) is 43.6 Å². The molecule has 28 heavy (non-hydrogen) atoms. The molecule has 4 rings (SSSR count). The molecule has 146 valence electrons. The first-order chi connectivity index (χ1) is 13.6. The lowest BCUT2D eigenvalue weighted by molar-refractivity contribution is 0.102. The first kappa shape index (κ1) is 18.5. The van der Waals surface area contributed by atoms with Gasteiger partial charge in [0.1, 0.15) is 23.7 Å². The maximum absolute atomic E-state index is 13.2. The van der Waals surface area contributed by atoms with Gasteiger partial charge in [-0.15, -0.1) is 0 Å². The number of nitrogens with zero attached hydrogens (tertiary/aromatic N) is 3. The highest BCUT2D eigenvalue weighted by molar-refractivity contribution is 6.31. The molecule has 0 radical (unpaired) electrons. The lowest BCUT2D eigenvalue weighted by Gasteiger charge is -2.28. The van der Waals surface area contributed by atoms with Crippen LogP contribution < -0.4 is 15.0 Å². The third-order valence-electron chi connectivity index (χ3n) is 4.59. The van der Waals surface area contributed by atoms with Crippen molar-refractivity contribution in [1.82, 2.24) is 9.97 Å². The number of halogens is 1. The number of amides is 1. The molecular formula is C19H19ClN4O4. The molecule has 0 saturated carbocycles. The molecule has 1 fully saturated rings. The van der Waals surface area contributed by atoms with Crippen molar-refractivity contribution >= 4 is 40.1 Å². The molecule has 0 atom stereocenters. The molecule has 3 aromatic rings. The Morgan fingerprint density at radius 3 is 2.82 bits per heavy atom. The number of aryl methyl sites for hydroxylation is 1. The van der Waals surface area contributed by atoms with Crippen LogP contribution in [0.2, 0.25) is 5.02 Å². The van der Waals surface area contributed by atoms with E-state index >= 15 is 0 Å². The van der Waals surface area contributed by atoms with Crippen molar-refractivity contribution < 1.29 is 18.7 Å². The zero-order valence-corrected chi connectivity index (χ0v) is 16.2. The highest BCUT2D eigenvalue weighted by atomic mass is 35.5. The highest BCUT2D eigenvalue weighted by Gasteiger charge is 2.26. The van der Waals surface area contributed by atoms with Crippen molar-refractivity contribution in [3.8, 4) is 5.75 Å². The van der Waals surface area contributed by atoms with Crippen LogP contribution in [0.25, 0.3) is 11.1 Å². The number of ether oxygens (including phenoxy) is 2. The zero-order valence-electron chi connectivity index (χ0n) is 15.5. The van der Waals surface area contributed by atoms with Gasteiger partial charge in [0.25, 0.3) is 5.91 Å². The van der Waals surface area contributed by atoms with Crippen LogP contribution in [0, 0.1) is 6.92 Å². The Morgan fingerprint density at radius 1 is 1.29 bits per heavy atom. The average Bonchev–Trinajstić information content (AvgIpc) is 3.04. The number of methoxy groups -OCH3 is 1. The molecule has 8 nitrogen and oxygen atoms in total. The molecule has 3 heterocycles. The van der Waals surface area contributed by atoms with Crippen LogP contribution in [-0.2, 0) is 4.74 Å². The number of aromatic nitrogens is 2. The molecule has 0 bridgehead atoms. The fourth-order valence-electron chi connectivity index (χ4n) is 3.28. The normalized spacial score (nSPS) is 14.3. The van der Waals surface area contributed by atoms with E-state index < -0.39 is 0 Å². The van der Waals surface area contributed by atoms with Crippen LogP contribution >= 0.6 is 11.6 Å². The Hall–Kier alpha value is -2.84. The lowest BCUT2D eigenvalue weighted by Crippen LogP contribution is -2.37. The molecule has 9 heteroatoms. The molecule has 0 spiro atoms. The van der Waals surface area contributed by atoms with Gasteiger partial charge in [-0.3, -0.25) is 4.79 Å². The Morgan fingerprint density at radius 2 is 2.07 bits per heavy atom. The van der Waals surface area contributed by atoms with Gasteiger partial charge in [-0.25, -0.2) is 9.97 Å². The molecule has 1 N–H and O–H groups in total. The van der Waals surface area contributed by atoms with Crippen LogP contribution in [0.1, 0.15) is 16.1 Å². The average molecular weight is 403 g/mol. The molecule has 1 saturated heterocycles. The Balaban J connectivity index is 1.77. The lowest BCUT2D eigenvalue weighted by atomic mass is 10.1. The number of hydrogen-bond donors (Lipinski definition) is 1. The quantitative estimate of drug-likeness (QED) is 0.716. The van der Waals surface area contributed by atoms with Crippen LogP contribution in [0.15, 0.2) is 28.9 Å². The van der Waals surface area contributed by atoms with Crippen LogP contribution in [0.4, 0.5) is 11.5 Å². The molecular weight excluding hydrogens is 384 g/mol. The summed E-state index contributed by atoms with van der Waals surface area (Å²) in [5.74, 6) is 1.28. The Bertz CT molecular complexity index is 1030. The maximum Gasteiger partial charge on any atom is 0.260 e. The van der Waals surface area contributed by atoms with E-state index in [2.05, 4.69) is 20.2 Å². The third kappa shape index (κ3) is 3.36. The van der Waals surface area contributed by atoms with Gasteiger partial charge in [-0.05, 0) is 25.1 Å². The second-order valence-electron chi connectivity index (χ2n) is 6.31.